The summed E-state index contributed by atoms with van der Waals surface area (Å²) in [7, 11) is 1.46. The lowest BCUT2D eigenvalue weighted by molar-refractivity contribution is -0.138. The van der Waals surface area contributed by atoms with Gasteiger partial charge in [0.2, 0.25) is 5.91 Å². The summed E-state index contributed by atoms with van der Waals surface area (Å²) in [4.78, 5) is 30.2. The number of nitrogens with one attached hydrogen (secondary N) is 1. The van der Waals surface area contributed by atoms with Crippen LogP contribution in [-0.2, 0) is 9.53 Å². The topological polar surface area (TPSA) is 91.8 Å². The molecular weight excluding hydrogens is 342 g/mol. The fourth-order valence-corrected chi connectivity index (χ4v) is 3.84. The van der Waals surface area contributed by atoms with Crippen molar-refractivity contribution < 1.29 is 19.4 Å². The molecule has 1 aromatic heterocycles. The van der Waals surface area contributed by atoms with Crippen LogP contribution in [0.5, 0.6) is 0 Å². The van der Waals surface area contributed by atoms with E-state index < -0.39 is 6.10 Å². The average Bonchev–Trinajstić information content (AvgIpc) is 2.95. The van der Waals surface area contributed by atoms with Crippen LogP contribution in [-0.4, -0.2) is 65.8 Å². The third-order valence-corrected chi connectivity index (χ3v) is 5.21. The highest BCUT2D eigenvalue weighted by Crippen LogP contribution is 2.23. The molecule has 2 atom stereocenters. The van der Waals surface area contributed by atoms with Gasteiger partial charge < -0.3 is 20.1 Å². The van der Waals surface area contributed by atoms with E-state index in [1.807, 2.05) is 19.1 Å². The monoisotopic (exact) mass is 363 g/mol. The number of aryl methyl sites for hydroxylation is 1. The molecule has 2 heterocycles. The summed E-state index contributed by atoms with van der Waals surface area (Å²) in [5.41, 5.74) is 1.42. The molecule has 0 spiro atoms. The van der Waals surface area contributed by atoms with Gasteiger partial charge in [0.1, 0.15) is 6.61 Å². The smallest absolute Gasteiger partial charge is 0.251 e. The molecule has 8 heteroatoms. The van der Waals surface area contributed by atoms with E-state index in [0.29, 0.717) is 18.5 Å². The van der Waals surface area contributed by atoms with E-state index >= 15 is 0 Å². The summed E-state index contributed by atoms with van der Waals surface area (Å²) in [6.45, 7) is 2.61. The van der Waals surface area contributed by atoms with Gasteiger partial charge in [-0.1, -0.05) is 0 Å². The molecule has 2 amide bonds. The number of fused-ring (bicyclic) bond motifs is 1. The summed E-state index contributed by atoms with van der Waals surface area (Å²) < 4.78 is 5.80. The second-order valence-corrected chi connectivity index (χ2v) is 7.36. The quantitative estimate of drug-likeness (QED) is 0.844. The molecule has 2 N–H and O–H groups in total. The summed E-state index contributed by atoms with van der Waals surface area (Å²) in [5.74, 6) is -0.383. The number of benzene rings is 1. The van der Waals surface area contributed by atoms with E-state index in [4.69, 9.17) is 4.74 Å². The van der Waals surface area contributed by atoms with Crippen LogP contribution in [0.4, 0.5) is 0 Å². The lowest BCUT2D eigenvalue weighted by Gasteiger charge is -2.36. The van der Waals surface area contributed by atoms with Crippen molar-refractivity contribution in [3.63, 3.8) is 0 Å². The first-order valence-corrected chi connectivity index (χ1v) is 8.92. The normalized spacial score (nSPS) is 20.7. The van der Waals surface area contributed by atoms with Crippen LogP contribution in [0, 0.1) is 6.92 Å². The molecule has 25 heavy (non-hydrogen) atoms. The fraction of sp³-hybridized carbons (Fsp3) is 0.471. The number of methoxy groups -OCH3 is 1. The Morgan fingerprint density at radius 1 is 1.48 bits per heavy atom. The number of ether oxygens (including phenoxy) is 1. The Morgan fingerprint density at radius 3 is 3.00 bits per heavy atom. The Kier molecular flexibility index (Phi) is 5.31. The fourth-order valence-electron chi connectivity index (χ4n) is 2.97. The number of piperidine rings is 1. The van der Waals surface area contributed by atoms with Gasteiger partial charge in [-0.15, -0.1) is 11.3 Å². The highest BCUT2D eigenvalue weighted by atomic mass is 32.1. The van der Waals surface area contributed by atoms with Crippen molar-refractivity contribution in [2.24, 2.45) is 0 Å². The van der Waals surface area contributed by atoms with Gasteiger partial charge in [0.05, 0.1) is 27.4 Å². The molecule has 1 aliphatic rings. The van der Waals surface area contributed by atoms with Crippen molar-refractivity contribution in [3.05, 3.63) is 28.8 Å². The Hall–Kier alpha value is -2.03. The zero-order valence-corrected chi connectivity index (χ0v) is 15.0. The number of carbonyl (C=O) groups is 2. The van der Waals surface area contributed by atoms with Crippen LogP contribution >= 0.6 is 11.3 Å². The standard InChI is InChI=1S/C17H21N3O4S/c1-10-18-13-4-3-11(7-15(13)25-10)17(23)19-12-5-6-20(8-14(12)21)16(22)9-24-2/h3-4,7,12,14,21H,5-6,8-9H2,1-2H3,(H,19,23)/t12-,14-/m1/s1. The lowest BCUT2D eigenvalue weighted by Crippen LogP contribution is -2.55. The zero-order valence-electron chi connectivity index (χ0n) is 14.2. The van der Waals surface area contributed by atoms with Crippen LogP contribution in [0.2, 0.25) is 0 Å². The van der Waals surface area contributed by atoms with Crippen molar-refractivity contribution in [3.8, 4) is 0 Å². The van der Waals surface area contributed by atoms with Gasteiger partial charge in [-0.3, -0.25) is 9.59 Å². The van der Waals surface area contributed by atoms with E-state index in [-0.39, 0.29) is 31.0 Å². The van der Waals surface area contributed by atoms with E-state index in [1.165, 1.54) is 7.11 Å². The second-order valence-electron chi connectivity index (χ2n) is 6.12. The number of β-amino-alcohol motifs (C(OH)–C–C–N with tert-alkyl or cyclic N) is 1. The second kappa shape index (κ2) is 7.47. The first-order chi connectivity index (χ1) is 12.0. The maximum absolute atomic E-state index is 12.5. The SMILES string of the molecule is COCC(=O)N1CC[C@@H](NC(=O)c2ccc3nc(C)sc3c2)[C@H](O)C1. The van der Waals surface area contributed by atoms with Crippen LogP contribution < -0.4 is 5.32 Å². The van der Waals surface area contributed by atoms with Crippen molar-refractivity contribution in [2.75, 3.05) is 26.8 Å². The van der Waals surface area contributed by atoms with Gasteiger partial charge in [0, 0.05) is 25.8 Å². The lowest BCUT2D eigenvalue weighted by atomic mass is 10.0. The predicted molar refractivity (Wildman–Crippen MR) is 94.7 cm³/mol. The third-order valence-electron chi connectivity index (χ3n) is 4.28. The van der Waals surface area contributed by atoms with Gasteiger partial charge in [0.25, 0.3) is 5.91 Å². The highest BCUT2D eigenvalue weighted by molar-refractivity contribution is 7.18. The molecule has 1 fully saturated rings. The minimum Gasteiger partial charge on any atom is -0.389 e. The number of aromatic nitrogens is 1. The molecule has 3 rings (SSSR count). The van der Waals surface area contributed by atoms with Gasteiger partial charge in [-0.05, 0) is 31.5 Å². The van der Waals surface area contributed by atoms with Crippen LogP contribution in [0.1, 0.15) is 21.8 Å². The predicted octanol–water partition coefficient (Wildman–Crippen LogP) is 0.943. The molecule has 0 bridgehead atoms. The summed E-state index contributed by atoms with van der Waals surface area (Å²) >= 11 is 1.54. The Labute approximate surface area is 149 Å². The molecule has 134 valence electrons. The van der Waals surface area contributed by atoms with Crippen LogP contribution in [0.25, 0.3) is 10.2 Å². The van der Waals surface area contributed by atoms with Gasteiger partial charge in [0.15, 0.2) is 0 Å². The minimum absolute atomic E-state index is 0.00196. The number of amides is 2. The Bertz CT molecular complexity index is 791. The average molecular weight is 363 g/mol. The van der Waals surface area contributed by atoms with Crippen LogP contribution in [0.15, 0.2) is 18.2 Å². The van der Waals surface area contributed by atoms with E-state index in [9.17, 15) is 14.7 Å². The zero-order chi connectivity index (χ0) is 18.0. The van der Waals surface area contributed by atoms with E-state index in [0.717, 1.165) is 15.2 Å². The number of likely N-dealkylation sites (tertiary alicyclic amines) is 1. The Morgan fingerprint density at radius 2 is 2.28 bits per heavy atom. The number of hydrogen-bond donors (Lipinski definition) is 2. The van der Waals surface area contributed by atoms with Crippen molar-refractivity contribution in [1.82, 2.24) is 15.2 Å². The number of nitrogens with zero attached hydrogens (tertiary/aromatic N) is 2. The number of hydrogen-bond acceptors (Lipinski definition) is 6. The third kappa shape index (κ3) is 3.97. The molecule has 1 saturated heterocycles. The molecule has 0 saturated carbocycles. The van der Waals surface area contributed by atoms with Gasteiger partial charge in [-0.25, -0.2) is 4.98 Å². The number of rotatable bonds is 4. The van der Waals surface area contributed by atoms with E-state index in [2.05, 4.69) is 10.3 Å². The Balaban J connectivity index is 1.63. The van der Waals surface area contributed by atoms with Gasteiger partial charge in [-0.2, -0.15) is 0 Å². The highest BCUT2D eigenvalue weighted by Gasteiger charge is 2.31. The number of aliphatic hydroxyl groups excluding tert-OH is 1. The first-order valence-electron chi connectivity index (χ1n) is 8.10. The van der Waals surface area contributed by atoms with Crippen LogP contribution in [0.3, 0.4) is 0 Å². The molecule has 0 aliphatic carbocycles. The van der Waals surface area contributed by atoms with Gasteiger partial charge >= 0.3 is 0 Å². The number of carbonyl (C=O) groups excluding carboxylic acids is 2. The maximum Gasteiger partial charge on any atom is 0.251 e. The molecule has 0 radical (unpaired) electrons. The van der Waals surface area contributed by atoms with Crippen molar-refractivity contribution in [2.45, 2.75) is 25.5 Å². The first kappa shape index (κ1) is 17.8. The summed E-state index contributed by atoms with van der Waals surface area (Å²) in [6, 6.07) is 5.01. The largest absolute Gasteiger partial charge is 0.389 e. The molecular formula is C17H21N3O4S. The molecule has 2 aromatic rings. The molecule has 7 nitrogen and oxygen atoms in total. The van der Waals surface area contributed by atoms with E-state index in [1.54, 1.807) is 22.3 Å². The van der Waals surface area contributed by atoms with Crippen molar-refractivity contribution in [1.29, 1.82) is 0 Å². The molecule has 0 unspecified atom stereocenters. The minimum atomic E-state index is -0.798. The summed E-state index contributed by atoms with van der Waals surface area (Å²) in [6.07, 6.45) is -0.294. The number of aliphatic hydroxyl groups is 1. The maximum atomic E-state index is 12.5. The molecule has 1 aliphatic heterocycles. The van der Waals surface area contributed by atoms with Crippen molar-refractivity contribution >= 4 is 33.4 Å². The summed E-state index contributed by atoms with van der Waals surface area (Å²) in [5, 5.41) is 14.1. The molecule has 1 aromatic carbocycles. The number of thiazole rings is 1.